The number of carbonyl (C=O) groups is 1. The van der Waals surface area contributed by atoms with Crippen LogP contribution in [0.3, 0.4) is 0 Å². The highest BCUT2D eigenvalue weighted by atomic mass is 16.2. The lowest BCUT2D eigenvalue weighted by Crippen LogP contribution is -2.30. The molecule has 0 bridgehead atoms. The molecule has 1 aromatic heterocycles. The second-order valence-corrected chi connectivity index (χ2v) is 4.75. The van der Waals surface area contributed by atoms with Crippen LogP contribution in [0.15, 0.2) is 18.3 Å². The van der Waals surface area contributed by atoms with Crippen LogP contribution < -0.4 is 0 Å². The van der Waals surface area contributed by atoms with Crippen molar-refractivity contribution in [3.63, 3.8) is 0 Å². The van der Waals surface area contributed by atoms with Crippen molar-refractivity contribution in [1.82, 2.24) is 9.88 Å². The predicted octanol–water partition coefficient (Wildman–Crippen LogP) is 2.37. The first-order valence-electron chi connectivity index (χ1n) is 6.42. The first kappa shape index (κ1) is 12.1. The molecule has 1 fully saturated rings. The number of rotatable bonds is 2. The third kappa shape index (κ3) is 2.65. The Balaban J connectivity index is 2.21. The number of likely N-dealkylation sites (N-methyl/N-ethyl adjacent to an activating group) is 1. The van der Waals surface area contributed by atoms with Crippen molar-refractivity contribution >= 4 is 5.91 Å². The fourth-order valence-corrected chi connectivity index (χ4v) is 2.32. The van der Waals surface area contributed by atoms with Gasteiger partial charge in [-0.3, -0.25) is 9.78 Å². The molecule has 1 saturated heterocycles. The highest BCUT2D eigenvalue weighted by Crippen LogP contribution is 2.25. The quantitative estimate of drug-likeness (QED) is 0.784. The maximum atomic E-state index is 12.2. The number of hydrogen-bond donors (Lipinski definition) is 0. The minimum atomic E-state index is -0.0339. The summed E-state index contributed by atoms with van der Waals surface area (Å²) in [6, 6.07) is 4.10. The molecular formula is C14H20N2O. The maximum absolute atomic E-state index is 12.2. The molecule has 0 saturated carbocycles. The first-order chi connectivity index (χ1) is 8.22. The number of aryl methyl sites for hydroxylation is 1. The van der Waals surface area contributed by atoms with Gasteiger partial charge in [0.2, 0.25) is 5.91 Å². The van der Waals surface area contributed by atoms with Gasteiger partial charge in [-0.1, -0.05) is 19.4 Å². The number of pyridine rings is 1. The molecule has 1 atom stereocenters. The van der Waals surface area contributed by atoms with Crippen molar-refractivity contribution in [2.24, 2.45) is 0 Å². The van der Waals surface area contributed by atoms with Gasteiger partial charge in [0.15, 0.2) is 0 Å². The van der Waals surface area contributed by atoms with E-state index in [0.717, 1.165) is 37.9 Å². The second-order valence-electron chi connectivity index (χ2n) is 4.75. The number of amides is 1. The highest BCUT2D eigenvalue weighted by Gasteiger charge is 2.26. The van der Waals surface area contributed by atoms with E-state index < -0.39 is 0 Å². The van der Waals surface area contributed by atoms with Crippen LogP contribution in [0.2, 0.25) is 0 Å². The summed E-state index contributed by atoms with van der Waals surface area (Å²) in [5, 5.41) is 0. The standard InChI is InChI=1S/C14H20N2O/c1-3-11-7-8-13(15-10-11)12-6-4-5-9-16(2)14(12)17/h7-8,10,12H,3-6,9H2,1-2H3. The summed E-state index contributed by atoms with van der Waals surface area (Å²) in [5.41, 5.74) is 2.16. The first-order valence-corrected chi connectivity index (χ1v) is 6.42. The normalized spacial score (nSPS) is 21.4. The van der Waals surface area contributed by atoms with E-state index in [-0.39, 0.29) is 11.8 Å². The Morgan fingerprint density at radius 1 is 1.41 bits per heavy atom. The maximum Gasteiger partial charge on any atom is 0.231 e. The van der Waals surface area contributed by atoms with Gasteiger partial charge in [0.25, 0.3) is 0 Å². The summed E-state index contributed by atoms with van der Waals surface area (Å²) >= 11 is 0. The molecule has 1 unspecified atom stereocenters. The largest absolute Gasteiger partial charge is 0.345 e. The Bertz CT molecular complexity index is 386. The zero-order valence-electron chi connectivity index (χ0n) is 10.6. The lowest BCUT2D eigenvalue weighted by molar-refractivity contribution is -0.131. The fraction of sp³-hybridized carbons (Fsp3) is 0.571. The highest BCUT2D eigenvalue weighted by molar-refractivity contribution is 5.83. The molecule has 0 aliphatic carbocycles. The smallest absolute Gasteiger partial charge is 0.231 e. The molecule has 1 aliphatic heterocycles. The van der Waals surface area contributed by atoms with E-state index in [9.17, 15) is 4.79 Å². The Morgan fingerprint density at radius 3 is 2.88 bits per heavy atom. The monoisotopic (exact) mass is 232 g/mol. The van der Waals surface area contributed by atoms with E-state index >= 15 is 0 Å². The molecule has 3 nitrogen and oxygen atoms in total. The molecule has 17 heavy (non-hydrogen) atoms. The van der Waals surface area contributed by atoms with Gasteiger partial charge in [-0.25, -0.2) is 0 Å². The molecule has 3 heteroatoms. The third-order valence-electron chi connectivity index (χ3n) is 3.52. The van der Waals surface area contributed by atoms with Crippen LogP contribution in [0.5, 0.6) is 0 Å². The summed E-state index contributed by atoms with van der Waals surface area (Å²) in [7, 11) is 1.89. The predicted molar refractivity (Wildman–Crippen MR) is 67.8 cm³/mol. The van der Waals surface area contributed by atoms with Crippen molar-refractivity contribution in [2.75, 3.05) is 13.6 Å². The topological polar surface area (TPSA) is 33.2 Å². The van der Waals surface area contributed by atoms with Gasteiger partial charge in [-0.15, -0.1) is 0 Å². The number of hydrogen-bond acceptors (Lipinski definition) is 2. The Morgan fingerprint density at radius 2 is 2.24 bits per heavy atom. The molecule has 1 amide bonds. The van der Waals surface area contributed by atoms with Crippen molar-refractivity contribution in [2.45, 2.75) is 38.5 Å². The van der Waals surface area contributed by atoms with Gasteiger partial charge in [-0.05, 0) is 30.9 Å². The molecule has 2 heterocycles. The Labute approximate surface area is 103 Å². The average molecular weight is 232 g/mol. The summed E-state index contributed by atoms with van der Waals surface area (Å²) in [6.07, 6.45) is 6.03. The van der Waals surface area contributed by atoms with E-state index in [1.807, 2.05) is 24.2 Å². The van der Waals surface area contributed by atoms with E-state index in [4.69, 9.17) is 0 Å². The van der Waals surface area contributed by atoms with Crippen LogP contribution in [0, 0.1) is 0 Å². The minimum absolute atomic E-state index is 0.0339. The molecule has 0 radical (unpaired) electrons. The molecular weight excluding hydrogens is 212 g/mol. The van der Waals surface area contributed by atoms with Gasteiger partial charge >= 0.3 is 0 Å². The van der Waals surface area contributed by atoms with Crippen molar-refractivity contribution < 1.29 is 4.79 Å². The zero-order valence-corrected chi connectivity index (χ0v) is 10.6. The number of likely N-dealkylation sites (tertiary alicyclic amines) is 1. The lowest BCUT2D eigenvalue weighted by atomic mass is 9.97. The molecule has 0 N–H and O–H groups in total. The van der Waals surface area contributed by atoms with E-state index in [1.54, 1.807) is 0 Å². The van der Waals surface area contributed by atoms with Crippen LogP contribution in [0.1, 0.15) is 43.4 Å². The fourth-order valence-electron chi connectivity index (χ4n) is 2.32. The van der Waals surface area contributed by atoms with Crippen LogP contribution in [0.25, 0.3) is 0 Å². The summed E-state index contributed by atoms with van der Waals surface area (Å²) in [5.74, 6) is 0.188. The average Bonchev–Trinajstić information content (AvgIpc) is 2.53. The van der Waals surface area contributed by atoms with Crippen LogP contribution in [0.4, 0.5) is 0 Å². The van der Waals surface area contributed by atoms with E-state index in [1.165, 1.54) is 5.56 Å². The molecule has 0 aromatic carbocycles. The number of aromatic nitrogens is 1. The third-order valence-corrected chi connectivity index (χ3v) is 3.52. The van der Waals surface area contributed by atoms with E-state index in [0.29, 0.717) is 0 Å². The van der Waals surface area contributed by atoms with Crippen LogP contribution in [-0.2, 0) is 11.2 Å². The lowest BCUT2D eigenvalue weighted by Gasteiger charge is -2.19. The van der Waals surface area contributed by atoms with Crippen molar-refractivity contribution in [3.05, 3.63) is 29.6 Å². The van der Waals surface area contributed by atoms with Crippen molar-refractivity contribution in [1.29, 1.82) is 0 Å². The van der Waals surface area contributed by atoms with Gasteiger partial charge in [0.1, 0.15) is 0 Å². The van der Waals surface area contributed by atoms with Crippen LogP contribution in [-0.4, -0.2) is 29.4 Å². The second kappa shape index (κ2) is 5.30. The summed E-state index contributed by atoms with van der Waals surface area (Å²) in [4.78, 5) is 18.5. The summed E-state index contributed by atoms with van der Waals surface area (Å²) < 4.78 is 0. The molecule has 92 valence electrons. The minimum Gasteiger partial charge on any atom is -0.345 e. The number of nitrogens with zero attached hydrogens (tertiary/aromatic N) is 2. The Kier molecular flexibility index (Phi) is 3.77. The molecule has 1 aliphatic rings. The van der Waals surface area contributed by atoms with Gasteiger partial charge in [-0.2, -0.15) is 0 Å². The molecule has 1 aromatic rings. The van der Waals surface area contributed by atoms with Gasteiger partial charge < -0.3 is 4.90 Å². The van der Waals surface area contributed by atoms with Crippen molar-refractivity contribution in [3.8, 4) is 0 Å². The SMILES string of the molecule is CCc1ccc(C2CCCCN(C)C2=O)nc1. The van der Waals surface area contributed by atoms with Crippen LogP contribution >= 0.6 is 0 Å². The van der Waals surface area contributed by atoms with E-state index in [2.05, 4.69) is 18.0 Å². The van der Waals surface area contributed by atoms with Gasteiger partial charge in [0.05, 0.1) is 11.6 Å². The summed E-state index contributed by atoms with van der Waals surface area (Å²) in [6.45, 7) is 2.99. The zero-order chi connectivity index (χ0) is 12.3. The number of carbonyl (C=O) groups excluding carboxylic acids is 1. The molecule has 0 spiro atoms. The Hall–Kier alpha value is -1.38. The molecule has 2 rings (SSSR count). The van der Waals surface area contributed by atoms with Gasteiger partial charge in [0, 0.05) is 19.8 Å².